The molecule has 21 heavy (non-hydrogen) atoms. The third kappa shape index (κ3) is 2.20. The first-order chi connectivity index (χ1) is 10.3. The molecule has 3 aromatic rings. The van der Waals surface area contributed by atoms with Crippen LogP contribution in [-0.2, 0) is 6.42 Å². The minimum Gasteiger partial charge on any atom is -0.327 e. The van der Waals surface area contributed by atoms with Crippen molar-refractivity contribution >= 4 is 11.3 Å². The van der Waals surface area contributed by atoms with E-state index in [0.29, 0.717) is 0 Å². The SMILES string of the molecule is Fc1ccc(C2CCCc3cncn32)c(-c2ccsc2)c1. The minimum absolute atomic E-state index is 0.179. The number of nitrogens with zero attached hydrogens (tertiary/aromatic N) is 2. The highest BCUT2D eigenvalue weighted by Crippen LogP contribution is 2.37. The van der Waals surface area contributed by atoms with Gasteiger partial charge in [-0.2, -0.15) is 11.3 Å². The predicted molar refractivity (Wildman–Crippen MR) is 83.0 cm³/mol. The summed E-state index contributed by atoms with van der Waals surface area (Å²) in [6.45, 7) is 0. The number of aryl methyl sites for hydroxylation is 1. The first-order valence-electron chi connectivity index (χ1n) is 7.15. The third-order valence-electron chi connectivity index (χ3n) is 4.20. The fourth-order valence-corrected chi connectivity index (χ4v) is 3.87. The second-order valence-electron chi connectivity index (χ2n) is 5.44. The molecule has 4 rings (SSSR count). The fourth-order valence-electron chi connectivity index (χ4n) is 3.21. The lowest BCUT2D eigenvalue weighted by atomic mass is 9.90. The van der Waals surface area contributed by atoms with E-state index in [4.69, 9.17) is 0 Å². The molecule has 0 aliphatic carbocycles. The monoisotopic (exact) mass is 298 g/mol. The van der Waals surface area contributed by atoms with E-state index in [2.05, 4.69) is 21.0 Å². The lowest BCUT2D eigenvalue weighted by molar-refractivity contribution is 0.458. The molecule has 0 bridgehead atoms. The van der Waals surface area contributed by atoms with Crippen LogP contribution in [0.1, 0.15) is 30.1 Å². The molecule has 0 radical (unpaired) electrons. The van der Waals surface area contributed by atoms with E-state index in [9.17, 15) is 4.39 Å². The van der Waals surface area contributed by atoms with Crippen molar-refractivity contribution in [2.45, 2.75) is 25.3 Å². The van der Waals surface area contributed by atoms with Crippen LogP contribution in [0.25, 0.3) is 11.1 Å². The third-order valence-corrected chi connectivity index (χ3v) is 4.88. The molecule has 1 unspecified atom stereocenters. The van der Waals surface area contributed by atoms with E-state index in [0.717, 1.165) is 30.4 Å². The molecule has 2 aromatic heterocycles. The van der Waals surface area contributed by atoms with E-state index in [1.807, 2.05) is 24.0 Å². The van der Waals surface area contributed by atoms with Gasteiger partial charge in [-0.1, -0.05) is 6.07 Å². The lowest BCUT2D eigenvalue weighted by Gasteiger charge is -2.27. The van der Waals surface area contributed by atoms with Gasteiger partial charge < -0.3 is 4.57 Å². The summed E-state index contributed by atoms with van der Waals surface area (Å²) in [4.78, 5) is 4.28. The van der Waals surface area contributed by atoms with Crippen LogP contribution in [0.5, 0.6) is 0 Å². The van der Waals surface area contributed by atoms with Gasteiger partial charge in [0.2, 0.25) is 0 Å². The van der Waals surface area contributed by atoms with Gasteiger partial charge in [0, 0.05) is 11.9 Å². The molecule has 4 heteroatoms. The van der Waals surface area contributed by atoms with Crippen LogP contribution in [0, 0.1) is 5.82 Å². The van der Waals surface area contributed by atoms with Gasteiger partial charge in [0.25, 0.3) is 0 Å². The van der Waals surface area contributed by atoms with Crippen molar-refractivity contribution in [1.82, 2.24) is 9.55 Å². The van der Waals surface area contributed by atoms with E-state index in [1.54, 1.807) is 23.5 Å². The summed E-state index contributed by atoms with van der Waals surface area (Å²) in [6, 6.07) is 7.47. The quantitative estimate of drug-likeness (QED) is 0.672. The minimum atomic E-state index is -0.179. The van der Waals surface area contributed by atoms with Crippen LogP contribution < -0.4 is 0 Å². The maximum atomic E-state index is 13.7. The maximum absolute atomic E-state index is 13.7. The largest absolute Gasteiger partial charge is 0.327 e. The highest BCUT2D eigenvalue weighted by molar-refractivity contribution is 7.08. The molecule has 3 heterocycles. The Hall–Kier alpha value is -1.94. The van der Waals surface area contributed by atoms with Gasteiger partial charge in [0.05, 0.1) is 12.4 Å². The summed E-state index contributed by atoms with van der Waals surface area (Å²) in [5.41, 5.74) is 4.56. The molecule has 1 atom stereocenters. The van der Waals surface area contributed by atoms with E-state index in [-0.39, 0.29) is 11.9 Å². The van der Waals surface area contributed by atoms with Gasteiger partial charge in [-0.25, -0.2) is 9.37 Å². The Balaban J connectivity index is 1.87. The van der Waals surface area contributed by atoms with E-state index in [1.165, 1.54) is 11.3 Å². The zero-order valence-corrected chi connectivity index (χ0v) is 12.3. The molecule has 0 saturated carbocycles. The van der Waals surface area contributed by atoms with Crippen molar-refractivity contribution in [3.8, 4) is 11.1 Å². The predicted octanol–water partition coefficient (Wildman–Crippen LogP) is 4.68. The number of rotatable bonds is 2. The van der Waals surface area contributed by atoms with Gasteiger partial charge in [-0.15, -0.1) is 0 Å². The molecular formula is C17H15FN2S. The Bertz CT molecular complexity index is 761. The normalized spacial score (nSPS) is 17.7. The number of thiophene rings is 1. The van der Waals surface area contributed by atoms with Crippen molar-refractivity contribution in [2.24, 2.45) is 0 Å². The van der Waals surface area contributed by atoms with Gasteiger partial charge in [0.15, 0.2) is 0 Å². The van der Waals surface area contributed by atoms with Crippen LogP contribution in [0.3, 0.4) is 0 Å². The highest BCUT2D eigenvalue weighted by Gasteiger charge is 2.23. The number of imidazole rings is 1. The second kappa shape index (κ2) is 5.11. The Morgan fingerprint density at radius 1 is 1.29 bits per heavy atom. The molecule has 0 amide bonds. The molecule has 0 spiro atoms. The molecule has 0 fully saturated rings. The highest BCUT2D eigenvalue weighted by atomic mass is 32.1. The van der Waals surface area contributed by atoms with Crippen molar-refractivity contribution in [2.75, 3.05) is 0 Å². The standard InChI is InChI=1S/C17H15FN2S/c18-13-4-5-15(16(8-13)12-6-7-21-10-12)17-3-1-2-14-9-19-11-20(14)17/h4-11,17H,1-3H2. The van der Waals surface area contributed by atoms with Crippen LogP contribution in [-0.4, -0.2) is 9.55 Å². The summed E-state index contributed by atoms with van der Waals surface area (Å²) >= 11 is 1.64. The molecule has 1 aliphatic heterocycles. The zero-order valence-electron chi connectivity index (χ0n) is 11.5. The smallest absolute Gasteiger partial charge is 0.123 e. The van der Waals surface area contributed by atoms with Gasteiger partial charge in [-0.3, -0.25) is 0 Å². The van der Waals surface area contributed by atoms with Crippen LogP contribution in [0.2, 0.25) is 0 Å². The first kappa shape index (κ1) is 12.8. The molecule has 0 saturated heterocycles. The Morgan fingerprint density at radius 2 is 2.24 bits per heavy atom. The molecule has 1 aromatic carbocycles. The Labute approximate surface area is 126 Å². The number of benzene rings is 1. The summed E-state index contributed by atoms with van der Waals surface area (Å²) in [5, 5.41) is 4.11. The van der Waals surface area contributed by atoms with Gasteiger partial charge >= 0.3 is 0 Å². The molecular weight excluding hydrogens is 283 g/mol. The van der Waals surface area contributed by atoms with Crippen molar-refractivity contribution < 1.29 is 4.39 Å². The lowest BCUT2D eigenvalue weighted by Crippen LogP contribution is -2.18. The number of aromatic nitrogens is 2. The molecule has 2 nitrogen and oxygen atoms in total. The first-order valence-corrected chi connectivity index (χ1v) is 8.10. The summed E-state index contributed by atoms with van der Waals surface area (Å²) in [7, 11) is 0. The Morgan fingerprint density at radius 3 is 3.10 bits per heavy atom. The Kier molecular flexibility index (Phi) is 3.11. The van der Waals surface area contributed by atoms with Crippen molar-refractivity contribution in [3.05, 3.63) is 64.6 Å². The zero-order chi connectivity index (χ0) is 14.2. The maximum Gasteiger partial charge on any atom is 0.123 e. The van der Waals surface area contributed by atoms with E-state index < -0.39 is 0 Å². The number of hydrogen-bond acceptors (Lipinski definition) is 2. The number of halogens is 1. The van der Waals surface area contributed by atoms with E-state index >= 15 is 0 Å². The van der Waals surface area contributed by atoms with Gasteiger partial charge in [-0.05, 0) is 64.9 Å². The summed E-state index contributed by atoms with van der Waals surface area (Å²) in [5.74, 6) is -0.179. The molecule has 1 aliphatic rings. The van der Waals surface area contributed by atoms with Crippen molar-refractivity contribution in [1.29, 1.82) is 0 Å². The van der Waals surface area contributed by atoms with Crippen LogP contribution in [0.4, 0.5) is 4.39 Å². The number of hydrogen-bond donors (Lipinski definition) is 0. The summed E-state index contributed by atoms with van der Waals surface area (Å²) < 4.78 is 16.0. The summed E-state index contributed by atoms with van der Waals surface area (Å²) in [6.07, 6.45) is 7.15. The second-order valence-corrected chi connectivity index (χ2v) is 6.22. The fraction of sp³-hybridized carbons (Fsp3) is 0.235. The van der Waals surface area contributed by atoms with Crippen molar-refractivity contribution in [3.63, 3.8) is 0 Å². The van der Waals surface area contributed by atoms with Crippen LogP contribution in [0.15, 0.2) is 47.5 Å². The average Bonchev–Trinajstić information content (AvgIpc) is 3.18. The van der Waals surface area contributed by atoms with Gasteiger partial charge in [0.1, 0.15) is 5.82 Å². The number of fused-ring (bicyclic) bond motifs is 1. The molecule has 0 N–H and O–H groups in total. The van der Waals surface area contributed by atoms with Crippen LogP contribution >= 0.6 is 11.3 Å². The molecule has 106 valence electrons. The topological polar surface area (TPSA) is 17.8 Å². The average molecular weight is 298 g/mol.